The Hall–Kier alpha value is -4.07. The Morgan fingerprint density at radius 2 is 1.63 bits per heavy atom. The van der Waals surface area contributed by atoms with Gasteiger partial charge in [0.25, 0.3) is 5.91 Å². The minimum absolute atomic E-state index is 0.0350. The molecule has 0 radical (unpaired) electrons. The lowest BCUT2D eigenvalue weighted by Gasteiger charge is -2.13. The first-order valence-electron chi connectivity index (χ1n) is 11.9. The number of fused-ring (bicyclic) bond motifs is 1. The van der Waals surface area contributed by atoms with Gasteiger partial charge in [-0.15, -0.1) is 0 Å². The van der Waals surface area contributed by atoms with Crippen LogP contribution in [0, 0.1) is 11.7 Å². The number of aromatic nitrogens is 3. The number of amides is 2. The van der Waals surface area contributed by atoms with Crippen LogP contribution in [-0.4, -0.2) is 26.8 Å². The largest absolute Gasteiger partial charge is 0.337 e. The van der Waals surface area contributed by atoms with Gasteiger partial charge in [0.2, 0.25) is 5.91 Å². The van der Waals surface area contributed by atoms with E-state index in [1.165, 1.54) is 37.1 Å². The standard InChI is InChI=1S/C27H26FN5O2/c28-20-11-7-19(8-12-20)26(34)30-21-13-9-17(10-14-21)25-31-22-15-24(29-16-23(22)32-25)33-27(35)18-5-3-1-2-4-6-18/h7-16,18H,1-6H2,(H,30,34)(H,31,32)(H,29,33,35). The highest BCUT2D eigenvalue weighted by Gasteiger charge is 2.20. The van der Waals surface area contributed by atoms with E-state index in [-0.39, 0.29) is 23.5 Å². The number of benzene rings is 2. The summed E-state index contributed by atoms with van der Waals surface area (Å²) in [6.07, 6.45) is 8.13. The number of hydrogen-bond acceptors (Lipinski definition) is 4. The third kappa shape index (κ3) is 5.37. The molecule has 3 N–H and O–H groups in total. The molecular formula is C27H26FN5O2. The molecule has 2 aromatic heterocycles. The summed E-state index contributed by atoms with van der Waals surface area (Å²) in [6, 6.07) is 14.4. The monoisotopic (exact) mass is 471 g/mol. The fraction of sp³-hybridized carbons (Fsp3) is 0.259. The Kier molecular flexibility index (Phi) is 6.52. The van der Waals surface area contributed by atoms with E-state index in [2.05, 4.69) is 25.6 Å². The molecule has 2 heterocycles. The van der Waals surface area contributed by atoms with Gasteiger partial charge < -0.3 is 15.6 Å². The molecule has 2 amide bonds. The molecule has 1 saturated carbocycles. The molecule has 7 nitrogen and oxygen atoms in total. The van der Waals surface area contributed by atoms with Crippen LogP contribution in [0.15, 0.2) is 60.8 Å². The van der Waals surface area contributed by atoms with E-state index < -0.39 is 0 Å². The highest BCUT2D eigenvalue weighted by Crippen LogP contribution is 2.26. The summed E-state index contributed by atoms with van der Waals surface area (Å²) in [5.41, 5.74) is 3.30. The van der Waals surface area contributed by atoms with Crippen molar-refractivity contribution in [3.05, 3.63) is 72.2 Å². The molecule has 0 unspecified atom stereocenters. The lowest BCUT2D eigenvalue weighted by Crippen LogP contribution is -2.22. The van der Waals surface area contributed by atoms with Gasteiger partial charge >= 0.3 is 0 Å². The molecule has 178 valence electrons. The van der Waals surface area contributed by atoms with Crippen LogP contribution in [0.4, 0.5) is 15.9 Å². The van der Waals surface area contributed by atoms with Gasteiger partial charge in [0, 0.05) is 28.8 Å². The molecule has 4 aromatic rings. The number of hydrogen-bond donors (Lipinski definition) is 3. The fourth-order valence-corrected chi connectivity index (χ4v) is 4.40. The van der Waals surface area contributed by atoms with Crippen LogP contribution in [0.5, 0.6) is 0 Å². The van der Waals surface area contributed by atoms with Crippen LogP contribution in [0.25, 0.3) is 22.4 Å². The third-order valence-electron chi connectivity index (χ3n) is 6.37. The van der Waals surface area contributed by atoms with E-state index in [4.69, 9.17) is 0 Å². The predicted molar refractivity (Wildman–Crippen MR) is 133 cm³/mol. The summed E-state index contributed by atoms with van der Waals surface area (Å²) in [4.78, 5) is 37.3. The molecule has 1 aliphatic carbocycles. The van der Waals surface area contributed by atoms with Crippen LogP contribution >= 0.6 is 0 Å². The van der Waals surface area contributed by atoms with Crippen molar-refractivity contribution >= 4 is 34.4 Å². The second-order valence-electron chi connectivity index (χ2n) is 8.89. The maximum Gasteiger partial charge on any atom is 0.255 e. The normalized spacial score (nSPS) is 14.4. The minimum atomic E-state index is -0.388. The van der Waals surface area contributed by atoms with Crippen molar-refractivity contribution in [2.45, 2.75) is 38.5 Å². The summed E-state index contributed by atoms with van der Waals surface area (Å²) in [7, 11) is 0. The van der Waals surface area contributed by atoms with Crippen molar-refractivity contribution in [3.63, 3.8) is 0 Å². The molecule has 5 rings (SSSR count). The molecule has 0 saturated heterocycles. The number of nitrogens with zero attached hydrogens (tertiary/aromatic N) is 2. The van der Waals surface area contributed by atoms with Crippen LogP contribution in [0.2, 0.25) is 0 Å². The number of carbonyl (C=O) groups excluding carboxylic acids is 2. The number of aromatic amines is 1. The molecule has 2 aromatic carbocycles. The molecule has 8 heteroatoms. The summed E-state index contributed by atoms with van der Waals surface area (Å²) >= 11 is 0. The zero-order chi connectivity index (χ0) is 24.2. The highest BCUT2D eigenvalue weighted by molar-refractivity contribution is 6.04. The summed E-state index contributed by atoms with van der Waals surface area (Å²) in [5, 5.41) is 5.76. The first-order chi connectivity index (χ1) is 17.0. The number of H-pyrrole nitrogens is 1. The topological polar surface area (TPSA) is 99.8 Å². The Balaban J connectivity index is 1.27. The van der Waals surface area contributed by atoms with Crippen molar-refractivity contribution in [3.8, 4) is 11.4 Å². The number of halogens is 1. The van der Waals surface area contributed by atoms with E-state index in [1.54, 1.807) is 24.4 Å². The summed E-state index contributed by atoms with van der Waals surface area (Å²) in [5.74, 6) is 0.542. The third-order valence-corrected chi connectivity index (χ3v) is 6.37. The van der Waals surface area contributed by atoms with Gasteiger partial charge in [0.05, 0.1) is 17.2 Å². The maximum absolute atomic E-state index is 13.1. The van der Waals surface area contributed by atoms with Crippen LogP contribution < -0.4 is 10.6 Å². The second-order valence-corrected chi connectivity index (χ2v) is 8.89. The van der Waals surface area contributed by atoms with Gasteiger partial charge in [-0.25, -0.2) is 14.4 Å². The zero-order valence-corrected chi connectivity index (χ0v) is 19.2. The Bertz CT molecular complexity index is 1340. The molecular weight excluding hydrogens is 445 g/mol. The SMILES string of the molecule is O=C(Nc1ccc(-c2nc3cc(NC(=O)C4CCCCCC4)ncc3[nH]2)cc1)c1ccc(F)cc1. The molecule has 1 aliphatic rings. The lowest BCUT2D eigenvalue weighted by atomic mass is 9.99. The minimum Gasteiger partial charge on any atom is -0.337 e. The van der Waals surface area contributed by atoms with Crippen molar-refractivity contribution in [2.75, 3.05) is 10.6 Å². The average molecular weight is 472 g/mol. The molecule has 0 bridgehead atoms. The lowest BCUT2D eigenvalue weighted by molar-refractivity contribution is -0.120. The number of imidazole rings is 1. The van der Waals surface area contributed by atoms with Gasteiger partial charge in [-0.05, 0) is 61.4 Å². The van der Waals surface area contributed by atoms with Crippen LogP contribution in [-0.2, 0) is 4.79 Å². The second kappa shape index (κ2) is 10.0. The van der Waals surface area contributed by atoms with E-state index in [0.717, 1.165) is 36.8 Å². The van der Waals surface area contributed by atoms with Gasteiger partial charge in [-0.1, -0.05) is 25.7 Å². The van der Waals surface area contributed by atoms with Crippen LogP contribution in [0.1, 0.15) is 48.9 Å². The van der Waals surface area contributed by atoms with Gasteiger partial charge in [0.15, 0.2) is 0 Å². The molecule has 0 atom stereocenters. The van der Waals surface area contributed by atoms with Crippen molar-refractivity contribution in [2.24, 2.45) is 5.92 Å². The maximum atomic E-state index is 13.1. The Morgan fingerprint density at radius 1 is 0.914 bits per heavy atom. The number of carbonyl (C=O) groups is 2. The predicted octanol–water partition coefficient (Wildman–Crippen LogP) is 5.93. The van der Waals surface area contributed by atoms with Crippen LogP contribution in [0.3, 0.4) is 0 Å². The molecule has 1 fully saturated rings. The smallest absolute Gasteiger partial charge is 0.255 e. The zero-order valence-electron chi connectivity index (χ0n) is 19.2. The van der Waals surface area contributed by atoms with E-state index >= 15 is 0 Å². The van der Waals surface area contributed by atoms with E-state index in [0.29, 0.717) is 28.4 Å². The quantitative estimate of drug-likeness (QED) is 0.314. The number of rotatable bonds is 5. The van der Waals surface area contributed by atoms with Gasteiger partial charge in [-0.2, -0.15) is 0 Å². The van der Waals surface area contributed by atoms with E-state index in [9.17, 15) is 14.0 Å². The fourth-order valence-electron chi connectivity index (χ4n) is 4.40. The average Bonchev–Trinajstić information content (AvgIpc) is 3.09. The number of pyridine rings is 1. The van der Waals surface area contributed by atoms with Gasteiger partial charge in [-0.3, -0.25) is 9.59 Å². The molecule has 0 spiro atoms. The number of anilines is 2. The molecule has 35 heavy (non-hydrogen) atoms. The first-order valence-corrected chi connectivity index (χ1v) is 11.9. The van der Waals surface area contributed by atoms with Crippen molar-refractivity contribution in [1.82, 2.24) is 15.0 Å². The van der Waals surface area contributed by atoms with Gasteiger partial charge in [0.1, 0.15) is 17.5 Å². The first kappa shape index (κ1) is 22.7. The highest BCUT2D eigenvalue weighted by atomic mass is 19.1. The molecule has 0 aliphatic heterocycles. The summed E-state index contributed by atoms with van der Waals surface area (Å²) in [6.45, 7) is 0. The Labute approximate surface area is 202 Å². The Morgan fingerprint density at radius 3 is 2.34 bits per heavy atom. The van der Waals surface area contributed by atoms with Crippen molar-refractivity contribution in [1.29, 1.82) is 0 Å². The van der Waals surface area contributed by atoms with E-state index in [1.807, 2.05) is 12.1 Å². The summed E-state index contributed by atoms with van der Waals surface area (Å²) < 4.78 is 13.1. The number of nitrogens with one attached hydrogen (secondary N) is 3. The van der Waals surface area contributed by atoms with Crippen molar-refractivity contribution < 1.29 is 14.0 Å².